The number of hydrogen-bond acceptors (Lipinski definition) is 2. The molecule has 1 saturated heterocycles. The van der Waals surface area contributed by atoms with Crippen LogP contribution in [0.2, 0.25) is 0 Å². The number of carboxylic acid groups (broad SMARTS) is 1. The minimum Gasteiger partial charge on any atom is -0.481 e. The third-order valence-electron chi connectivity index (χ3n) is 4.68. The summed E-state index contributed by atoms with van der Waals surface area (Å²) in [7, 11) is 0. The monoisotopic (exact) mass is 317 g/mol. The van der Waals surface area contributed by atoms with E-state index >= 15 is 0 Å². The Balaban J connectivity index is 1.61. The largest absolute Gasteiger partial charge is 0.481 e. The lowest BCUT2D eigenvalue weighted by Gasteiger charge is -2.32. The maximum atomic E-state index is 12.1. The lowest BCUT2D eigenvalue weighted by molar-refractivity contribution is -0.137. The van der Waals surface area contributed by atoms with E-state index in [-0.39, 0.29) is 12.3 Å². The van der Waals surface area contributed by atoms with E-state index in [1.165, 1.54) is 12.0 Å². The fraction of sp³-hybridized carbons (Fsp3) is 0.579. The van der Waals surface area contributed by atoms with E-state index in [4.69, 9.17) is 5.11 Å². The van der Waals surface area contributed by atoms with E-state index in [9.17, 15) is 9.59 Å². The second-order valence-electron chi connectivity index (χ2n) is 6.45. The average Bonchev–Trinajstić information content (AvgIpc) is 2.58. The molecule has 0 unspecified atom stereocenters. The Morgan fingerprint density at radius 3 is 2.35 bits per heavy atom. The summed E-state index contributed by atoms with van der Waals surface area (Å²) in [5.41, 5.74) is 1.39. The van der Waals surface area contributed by atoms with Crippen molar-refractivity contribution in [3.63, 3.8) is 0 Å². The topological polar surface area (TPSA) is 57.6 Å². The standard InChI is InChI=1S/C19H27NO3/c21-18(8-4-5-9-19(22)23)20-14-12-17(13-15-20)11-10-16-6-2-1-3-7-16/h1-3,6-7,17H,4-5,8-15H2,(H,22,23). The zero-order chi connectivity index (χ0) is 16.5. The van der Waals surface area contributed by atoms with Gasteiger partial charge < -0.3 is 10.0 Å². The van der Waals surface area contributed by atoms with Crippen LogP contribution in [0.1, 0.15) is 50.5 Å². The molecule has 1 N–H and O–H groups in total. The molecule has 1 amide bonds. The molecule has 126 valence electrons. The molecule has 0 aromatic heterocycles. The molecule has 1 heterocycles. The Kier molecular flexibility index (Phi) is 7.11. The number of carbonyl (C=O) groups excluding carboxylic acids is 1. The molecular weight excluding hydrogens is 290 g/mol. The first-order chi connectivity index (χ1) is 11.1. The first-order valence-corrected chi connectivity index (χ1v) is 8.68. The van der Waals surface area contributed by atoms with E-state index < -0.39 is 5.97 Å². The van der Waals surface area contributed by atoms with Crippen molar-refractivity contribution in [2.45, 2.75) is 51.4 Å². The number of piperidine rings is 1. The second kappa shape index (κ2) is 9.33. The summed E-state index contributed by atoms with van der Waals surface area (Å²) in [6.45, 7) is 1.72. The molecular formula is C19H27NO3. The van der Waals surface area contributed by atoms with Crippen LogP contribution in [0.4, 0.5) is 0 Å². The Hall–Kier alpha value is -1.84. The molecule has 0 saturated carbocycles. The van der Waals surface area contributed by atoms with Gasteiger partial charge in [-0.1, -0.05) is 30.3 Å². The average molecular weight is 317 g/mol. The van der Waals surface area contributed by atoms with Crippen molar-refractivity contribution < 1.29 is 14.7 Å². The molecule has 23 heavy (non-hydrogen) atoms. The molecule has 4 nitrogen and oxygen atoms in total. The summed E-state index contributed by atoms with van der Waals surface area (Å²) in [5.74, 6) is 0.125. The fourth-order valence-corrected chi connectivity index (χ4v) is 3.20. The molecule has 4 heteroatoms. The zero-order valence-electron chi connectivity index (χ0n) is 13.7. The minimum atomic E-state index is -0.781. The van der Waals surface area contributed by atoms with Crippen LogP contribution in [0.25, 0.3) is 0 Å². The van der Waals surface area contributed by atoms with Crippen molar-refractivity contribution in [2.24, 2.45) is 5.92 Å². The lowest BCUT2D eigenvalue weighted by atomic mass is 9.90. The van der Waals surface area contributed by atoms with E-state index in [2.05, 4.69) is 24.3 Å². The smallest absolute Gasteiger partial charge is 0.303 e. The van der Waals surface area contributed by atoms with Crippen molar-refractivity contribution in [3.05, 3.63) is 35.9 Å². The van der Waals surface area contributed by atoms with Gasteiger partial charge in [-0.05, 0) is 50.0 Å². The van der Waals surface area contributed by atoms with Gasteiger partial charge in [-0.15, -0.1) is 0 Å². The number of rotatable bonds is 8. The highest BCUT2D eigenvalue weighted by molar-refractivity contribution is 5.76. The minimum absolute atomic E-state index is 0.162. The van der Waals surface area contributed by atoms with Gasteiger partial charge in [0.2, 0.25) is 5.91 Å². The van der Waals surface area contributed by atoms with Crippen molar-refractivity contribution in [3.8, 4) is 0 Å². The second-order valence-corrected chi connectivity index (χ2v) is 6.45. The molecule has 0 radical (unpaired) electrons. The maximum Gasteiger partial charge on any atom is 0.303 e. The summed E-state index contributed by atoms with van der Waals surface area (Å²) in [6, 6.07) is 10.6. The van der Waals surface area contributed by atoms with Crippen LogP contribution in [0.3, 0.4) is 0 Å². The first kappa shape index (κ1) is 17.5. The van der Waals surface area contributed by atoms with Crippen LogP contribution in [-0.2, 0) is 16.0 Å². The van der Waals surface area contributed by atoms with Crippen LogP contribution in [0.15, 0.2) is 30.3 Å². The molecule has 0 atom stereocenters. The van der Waals surface area contributed by atoms with Gasteiger partial charge in [-0.2, -0.15) is 0 Å². The Labute approximate surface area is 138 Å². The highest BCUT2D eigenvalue weighted by Crippen LogP contribution is 2.23. The number of benzene rings is 1. The number of hydrogen-bond donors (Lipinski definition) is 1. The van der Waals surface area contributed by atoms with E-state index in [1.807, 2.05) is 11.0 Å². The molecule has 1 aromatic carbocycles. The van der Waals surface area contributed by atoms with Crippen molar-refractivity contribution in [1.82, 2.24) is 4.90 Å². The molecule has 1 aliphatic rings. The first-order valence-electron chi connectivity index (χ1n) is 8.68. The Morgan fingerprint density at radius 2 is 1.70 bits per heavy atom. The van der Waals surface area contributed by atoms with Crippen LogP contribution in [0.5, 0.6) is 0 Å². The zero-order valence-corrected chi connectivity index (χ0v) is 13.7. The van der Waals surface area contributed by atoms with Crippen molar-refractivity contribution >= 4 is 11.9 Å². The van der Waals surface area contributed by atoms with Crippen LogP contribution in [-0.4, -0.2) is 35.0 Å². The van der Waals surface area contributed by atoms with Gasteiger partial charge in [-0.25, -0.2) is 0 Å². The molecule has 1 fully saturated rings. The van der Waals surface area contributed by atoms with E-state index in [1.54, 1.807) is 0 Å². The van der Waals surface area contributed by atoms with E-state index in [0.717, 1.165) is 32.4 Å². The van der Waals surface area contributed by atoms with Crippen molar-refractivity contribution in [1.29, 1.82) is 0 Å². The molecule has 2 rings (SSSR count). The predicted octanol–water partition coefficient (Wildman–Crippen LogP) is 3.50. The van der Waals surface area contributed by atoms with Crippen LogP contribution < -0.4 is 0 Å². The molecule has 1 aromatic rings. The summed E-state index contributed by atoms with van der Waals surface area (Å²) < 4.78 is 0. The van der Waals surface area contributed by atoms with Crippen LogP contribution >= 0.6 is 0 Å². The van der Waals surface area contributed by atoms with E-state index in [0.29, 0.717) is 25.2 Å². The summed E-state index contributed by atoms with van der Waals surface area (Å²) in [4.78, 5) is 24.5. The lowest BCUT2D eigenvalue weighted by Crippen LogP contribution is -2.38. The Bertz CT molecular complexity index is 493. The van der Waals surface area contributed by atoms with Gasteiger partial charge in [0.05, 0.1) is 0 Å². The molecule has 0 spiro atoms. The molecule has 0 aliphatic carbocycles. The predicted molar refractivity (Wildman–Crippen MR) is 90.2 cm³/mol. The summed E-state index contributed by atoms with van der Waals surface area (Å²) in [6.07, 6.45) is 6.42. The number of carboxylic acids is 1. The third-order valence-corrected chi connectivity index (χ3v) is 4.68. The number of carbonyl (C=O) groups is 2. The number of aryl methyl sites for hydroxylation is 1. The van der Waals surface area contributed by atoms with Gasteiger partial charge in [-0.3, -0.25) is 9.59 Å². The number of likely N-dealkylation sites (tertiary alicyclic amines) is 1. The number of nitrogens with zero attached hydrogens (tertiary/aromatic N) is 1. The SMILES string of the molecule is O=C(O)CCCCC(=O)N1CCC(CCc2ccccc2)CC1. The van der Waals surface area contributed by atoms with Gasteiger partial charge in [0.25, 0.3) is 0 Å². The Morgan fingerprint density at radius 1 is 1.04 bits per heavy atom. The number of amides is 1. The quantitative estimate of drug-likeness (QED) is 0.747. The van der Waals surface area contributed by atoms with Gasteiger partial charge in [0.15, 0.2) is 0 Å². The van der Waals surface area contributed by atoms with Gasteiger partial charge in [0, 0.05) is 25.9 Å². The molecule has 0 bridgehead atoms. The maximum absolute atomic E-state index is 12.1. The highest BCUT2D eigenvalue weighted by Gasteiger charge is 2.22. The van der Waals surface area contributed by atoms with Gasteiger partial charge >= 0.3 is 5.97 Å². The molecule has 1 aliphatic heterocycles. The van der Waals surface area contributed by atoms with Crippen molar-refractivity contribution in [2.75, 3.05) is 13.1 Å². The summed E-state index contributed by atoms with van der Waals surface area (Å²) >= 11 is 0. The van der Waals surface area contributed by atoms with Crippen LogP contribution in [0, 0.1) is 5.92 Å². The normalized spacial score (nSPS) is 15.6. The fourth-order valence-electron chi connectivity index (χ4n) is 3.20. The van der Waals surface area contributed by atoms with Gasteiger partial charge in [0.1, 0.15) is 0 Å². The number of aliphatic carboxylic acids is 1. The summed E-state index contributed by atoms with van der Waals surface area (Å²) in [5, 5.41) is 8.59. The highest BCUT2D eigenvalue weighted by atomic mass is 16.4. The third kappa shape index (κ3) is 6.43. The number of unbranched alkanes of at least 4 members (excludes halogenated alkanes) is 1.